The van der Waals surface area contributed by atoms with Gasteiger partial charge >= 0.3 is 6.03 Å². The van der Waals surface area contributed by atoms with E-state index in [1.807, 2.05) is 54.6 Å². The third-order valence-corrected chi connectivity index (χ3v) is 6.24. The molecule has 4 aromatic carbocycles. The van der Waals surface area contributed by atoms with E-state index >= 15 is 0 Å². The maximum absolute atomic E-state index is 12.9. The quantitative estimate of drug-likeness (QED) is 0.244. The maximum Gasteiger partial charge on any atom is 0.329 e. The van der Waals surface area contributed by atoms with Gasteiger partial charge in [0.1, 0.15) is 12.3 Å². The smallest absolute Gasteiger partial charge is 0.329 e. The summed E-state index contributed by atoms with van der Waals surface area (Å²) in [6.45, 7) is 0.495. The van der Waals surface area contributed by atoms with E-state index in [4.69, 9.17) is 21.1 Å². The zero-order valence-corrected chi connectivity index (χ0v) is 20.3. The van der Waals surface area contributed by atoms with Gasteiger partial charge in [-0.25, -0.2) is 4.79 Å². The third kappa shape index (κ3) is 4.76. The summed E-state index contributed by atoms with van der Waals surface area (Å²) in [7, 11) is 1.53. The molecule has 1 heterocycles. The molecular formula is C29H23ClN2O4. The Kier molecular flexibility index (Phi) is 6.60. The molecule has 5 rings (SSSR count). The van der Waals surface area contributed by atoms with Gasteiger partial charge in [-0.1, -0.05) is 84.4 Å². The molecule has 1 aliphatic rings. The second-order valence-electron chi connectivity index (χ2n) is 8.33. The lowest BCUT2D eigenvalue weighted by Gasteiger charge is -2.14. The van der Waals surface area contributed by atoms with Crippen molar-refractivity contribution in [1.29, 1.82) is 0 Å². The summed E-state index contributed by atoms with van der Waals surface area (Å²) in [4.78, 5) is 26.5. The minimum absolute atomic E-state index is 0.165. The van der Waals surface area contributed by atoms with Gasteiger partial charge in [-0.15, -0.1) is 0 Å². The van der Waals surface area contributed by atoms with Crippen LogP contribution in [-0.2, 0) is 17.9 Å². The number of ether oxygens (including phenoxy) is 2. The number of urea groups is 1. The lowest BCUT2D eigenvalue weighted by atomic mass is 10.1. The first-order valence-electron chi connectivity index (χ1n) is 11.4. The number of carbonyl (C=O) groups excluding carboxylic acids is 2. The van der Waals surface area contributed by atoms with E-state index in [-0.39, 0.29) is 12.2 Å². The summed E-state index contributed by atoms with van der Waals surface area (Å²) in [6, 6.07) is 26.4. The van der Waals surface area contributed by atoms with Gasteiger partial charge in [0.25, 0.3) is 5.91 Å². The molecule has 3 amide bonds. The van der Waals surface area contributed by atoms with Crippen molar-refractivity contribution < 1.29 is 19.1 Å². The summed E-state index contributed by atoms with van der Waals surface area (Å²) >= 11 is 6.57. The predicted molar refractivity (Wildman–Crippen MR) is 140 cm³/mol. The number of fused-ring (bicyclic) bond motifs is 1. The van der Waals surface area contributed by atoms with Crippen LogP contribution in [0.4, 0.5) is 4.79 Å². The Balaban J connectivity index is 1.37. The highest BCUT2D eigenvalue weighted by molar-refractivity contribution is 6.32. The SMILES string of the molecule is COc1cc(/C=C2/NC(=O)N(Cc3ccccc3)C2=O)cc(Cl)c1OCc1cccc2ccccc12. The normalized spacial score (nSPS) is 14.4. The number of halogens is 1. The van der Waals surface area contributed by atoms with Crippen molar-refractivity contribution in [2.75, 3.05) is 7.11 Å². The number of methoxy groups -OCH3 is 1. The van der Waals surface area contributed by atoms with Crippen LogP contribution in [-0.4, -0.2) is 23.9 Å². The van der Waals surface area contributed by atoms with Gasteiger partial charge in [-0.3, -0.25) is 9.69 Å². The monoisotopic (exact) mass is 498 g/mol. The summed E-state index contributed by atoms with van der Waals surface area (Å²) in [5.74, 6) is 0.421. The molecule has 0 aromatic heterocycles. The minimum Gasteiger partial charge on any atom is -0.493 e. The molecule has 4 aromatic rings. The van der Waals surface area contributed by atoms with Crippen LogP contribution in [0.2, 0.25) is 5.02 Å². The molecule has 7 heteroatoms. The number of nitrogens with zero attached hydrogens (tertiary/aromatic N) is 1. The molecule has 1 N–H and O–H groups in total. The van der Waals surface area contributed by atoms with Crippen molar-refractivity contribution in [1.82, 2.24) is 10.2 Å². The Morgan fingerprint density at radius 3 is 2.50 bits per heavy atom. The number of hydrogen-bond donors (Lipinski definition) is 1. The second kappa shape index (κ2) is 10.1. The van der Waals surface area contributed by atoms with Gasteiger partial charge in [0.15, 0.2) is 11.5 Å². The van der Waals surface area contributed by atoms with Crippen molar-refractivity contribution in [3.63, 3.8) is 0 Å². The topological polar surface area (TPSA) is 67.9 Å². The fraction of sp³-hybridized carbons (Fsp3) is 0.103. The van der Waals surface area contributed by atoms with Crippen LogP contribution in [0.3, 0.4) is 0 Å². The summed E-state index contributed by atoms with van der Waals surface area (Å²) in [5, 5.41) is 5.21. The highest BCUT2D eigenvalue weighted by atomic mass is 35.5. The molecule has 0 bridgehead atoms. The number of amides is 3. The fourth-order valence-electron chi connectivity index (χ4n) is 4.18. The van der Waals surface area contributed by atoms with Crippen molar-refractivity contribution >= 4 is 40.4 Å². The van der Waals surface area contributed by atoms with Crippen molar-refractivity contribution in [2.45, 2.75) is 13.2 Å². The number of nitrogens with one attached hydrogen (secondary N) is 1. The van der Waals surface area contributed by atoms with Crippen LogP contribution < -0.4 is 14.8 Å². The van der Waals surface area contributed by atoms with Gasteiger partial charge in [-0.2, -0.15) is 0 Å². The average molecular weight is 499 g/mol. The first-order valence-corrected chi connectivity index (χ1v) is 11.8. The van der Waals surface area contributed by atoms with Crippen LogP contribution in [0.15, 0.2) is 90.6 Å². The van der Waals surface area contributed by atoms with E-state index < -0.39 is 11.9 Å². The number of rotatable bonds is 7. The van der Waals surface area contributed by atoms with Crippen LogP contribution in [0.1, 0.15) is 16.7 Å². The first kappa shape index (κ1) is 23.5. The minimum atomic E-state index is -0.469. The number of imide groups is 1. The van der Waals surface area contributed by atoms with Crippen molar-refractivity contribution in [2.24, 2.45) is 0 Å². The average Bonchev–Trinajstić information content (AvgIpc) is 3.15. The van der Waals surface area contributed by atoms with Gasteiger partial charge in [-0.05, 0) is 45.7 Å². The highest BCUT2D eigenvalue weighted by Gasteiger charge is 2.33. The molecule has 36 heavy (non-hydrogen) atoms. The lowest BCUT2D eigenvalue weighted by Crippen LogP contribution is -2.30. The van der Waals surface area contributed by atoms with E-state index in [0.29, 0.717) is 28.7 Å². The van der Waals surface area contributed by atoms with Crippen LogP contribution in [0.5, 0.6) is 11.5 Å². The Bertz CT molecular complexity index is 1480. The van der Waals surface area contributed by atoms with Gasteiger partial charge in [0, 0.05) is 0 Å². The molecule has 0 unspecified atom stereocenters. The predicted octanol–water partition coefficient (Wildman–Crippen LogP) is 6.17. The van der Waals surface area contributed by atoms with E-state index in [9.17, 15) is 9.59 Å². The number of carbonyl (C=O) groups is 2. The standard InChI is InChI=1S/C29H23ClN2O4/c1-35-26-16-20(15-25-28(33)32(29(34)31-25)17-19-8-3-2-4-9-19)14-24(30)27(26)36-18-22-12-7-11-21-10-5-6-13-23(21)22/h2-16H,17-18H2,1H3,(H,31,34)/b25-15+. The molecule has 180 valence electrons. The van der Waals surface area contributed by atoms with E-state index in [1.165, 1.54) is 12.0 Å². The Hall–Kier alpha value is -4.29. The molecule has 0 atom stereocenters. The zero-order chi connectivity index (χ0) is 25.1. The molecule has 6 nitrogen and oxygen atoms in total. The Morgan fingerprint density at radius 2 is 1.69 bits per heavy atom. The lowest BCUT2D eigenvalue weighted by molar-refractivity contribution is -0.123. The molecule has 0 saturated carbocycles. The molecule has 0 spiro atoms. The molecule has 1 fully saturated rings. The fourth-order valence-corrected chi connectivity index (χ4v) is 4.45. The van der Waals surface area contributed by atoms with Crippen molar-refractivity contribution in [3.05, 3.63) is 112 Å². The van der Waals surface area contributed by atoms with Gasteiger partial charge in [0.2, 0.25) is 0 Å². The third-order valence-electron chi connectivity index (χ3n) is 5.96. The van der Waals surface area contributed by atoms with E-state index in [0.717, 1.165) is 21.9 Å². The summed E-state index contributed by atoms with van der Waals surface area (Å²) in [6.07, 6.45) is 1.58. The maximum atomic E-state index is 12.9. The number of hydrogen-bond acceptors (Lipinski definition) is 4. The highest BCUT2D eigenvalue weighted by Crippen LogP contribution is 2.38. The molecule has 1 saturated heterocycles. The van der Waals surface area contributed by atoms with E-state index in [1.54, 1.807) is 18.2 Å². The second-order valence-corrected chi connectivity index (χ2v) is 8.73. The van der Waals surface area contributed by atoms with Crippen LogP contribution in [0.25, 0.3) is 16.8 Å². The molecule has 1 aliphatic heterocycles. The zero-order valence-electron chi connectivity index (χ0n) is 19.5. The molecule has 0 aliphatic carbocycles. The van der Waals surface area contributed by atoms with Crippen LogP contribution >= 0.6 is 11.6 Å². The molecular weight excluding hydrogens is 476 g/mol. The Morgan fingerprint density at radius 1 is 0.944 bits per heavy atom. The summed E-state index contributed by atoms with van der Waals surface area (Å²) in [5.41, 5.74) is 2.65. The first-order chi connectivity index (χ1) is 17.5. The van der Waals surface area contributed by atoms with Gasteiger partial charge in [0.05, 0.1) is 18.7 Å². The van der Waals surface area contributed by atoms with Crippen LogP contribution in [0, 0.1) is 0 Å². The summed E-state index contributed by atoms with van der Waals surface area (Å²) < 4.78 is 11.6. The number of benzene rings is 4. The van der Waals surface area contributed by atoms with E-state index in [2.05, 4.69) is 23.5 Å². The Labute approximate surface area is 213 Å². The van der Waals surface area contributed by atoms with Gasteiger partial charge < -0.3 is 14.8 Å². The van der Waals surface area contributed by atoms with Crippen molar-refractivity contribution in [3.8, 4) is 11.5 Å². The largest absolute Gasteiger partial charge is 0.493 e. The molecule has 0 radical (unpaired) electrons.